The molecule has 0 aliphatic carbocycles. The van der Waals surface area contributed by atoms with Crippen LogP contribution in [0.5, 0.6) is 0 Å². The van der Waals surface area contributed by atoms with Gasteiger partial charge < -0.3 is 9.80 Å². The molecule has 9 heteroatoms. The Bertz CT molecular complexity index is 326. The smallest absolute Gasteiger partial charge is 0.272 e. The summed E-state index contributed by atoms with van der Waals surface area (Å²) < 4.78 is 68.9. The minimum absolute atomic E-state index is 0.379. The number of guanidine groups is 1. The summed E-state index contributed by atoms with van der Waals surface area (Å²) in [5, 5.41) is 0. The van der Waals surface area contributed by atoms with Crippen molar-refractivity contribution >= 4 is 14.2 Å². The largest absolute Gasteiger partial charge is 0.350 e. The van der Waals surface area contributed by atoms with E-state index >= 15 is 0 Å². The molecule has 3 nitrogen and oxygen atoms in total. The predicted molar refractivity (Wildman–Crippen MR) is 73.0 cm³/mol. The van der Waals surface area contributed by atoms with Gasteiger partial charge in [0.05, 0.1) is 0 Å². The summed E-state index contributed by atoms with van der Waals surface area (Å²) in [5.41, 5.74) is 0. The number of rotatable bonds is 5. The molecular weight excluding hydrogens is 297 g/mol. The van der Waals surface area contributed by atoms with Gasteiger partial charge in [0, 0.05) is 28.2 Å². The molecule has 0 aliphatic rings. The third kappa shape index (κ3) is 4.91. The number of halogens is 5. The van der Waals surface area contributed by atoms with Crippen molar-refractivity contribution in [3.63, 3.8) is 0 Å². The second-order valence-electron chi connectivity index (χ2n) is 5.48. The van der Waals surface area contributed by atoms with E-state index in [1.165, 1.54) is 13.1 Å². The molecule has 0 radical (unpaired) electrons. The zero-order valence-electron chi connectivity index (χ0n) is 12.5. The van der Waals surface area contributed by atoms with Gasteiger partial charge in [0.2, 0.25) is 8.24 Å². The van der Waals surface area contributed by atoms with E-state index in [9.17, 15) is 22.0 Å². The van der Waals surface area contributed by atoms with E-state index in [0.29, 0.717) is 5.96 Å². The third-order valence-corrected chi connectivity index (χ3v) is 5.13. The van der Waals surface area contributed by atoms with Crippen molar-refractivity contribution in [1.82, 2.24) is 9.80 Å². The van der Waals surface area contributed by atoms with Gasteiger partial charge in [-0.25, -0.2) is 22.0 Å². The van der Waals surface area contributed by atoms with Crippen LogP contribution in [-0.4, -0.2) is 76.7 Å². The molecule has 0 amide bonds. The first kappa shape index (κ1) is 19.1. The van der Waals surface area contributed by atoms with Gasteiger partial charge in [-0.05, 0) is 13.1 Å². The molecule has 0 saturated heterocycles. The Balaban J connectivity index is 5.25. The Kier molecular flexibility index (Phi) is 6.92. The van der Waals surface area contributed by atoms with Crippen molar-refractivity contribution in [2.45, 2.75) is 37.7 Å². The lowest BCUT2D eigenvalue weighted by Crippen LogP contribution is -2.50. The van der Waals surface area contributed by atoms with Gasteiger partial charge >= 0.3 is 0 Å². The van der Waals surface area contributed by atoms with E-state index < -0.39 is 32.8 Å². The van der Waals surface area contributed by atoms with Crippen molar-refractivity contribution in [3.8, 4) is 0 Å². The maximum atomic E-state index is 14.0. The van der Waals surface area contributed by atoms with E-state index in [-0.39, 0.29) is 0 Å². The summed E-state index contributed by atoms with van der Waals surface area (Å²) in [5.74, 6) is -1.97. The predicted octanol–water partition coefficient (Wildman–Crippen LogP) is 2.49. The fourth-order valence-corrected chi connectivity index (χ4v) is 3.61. The lowest BCUT2D eigenvalue weighted by Gasteiger charge is -2.30. The van der Waals surface area contributed by atoms with Crippen LogP contribution in [-0.2, 0) is 0 Å². The monoisotopic (exact) mass is 319 g/mol. The lowest BCUT2D eigenvalue weighted by atomic mass is 10.3. The fraction of sp³-hybridized carbons (Fsp3) is 0.909. The second-order valence-corrected chi connectivity index (χ2v) is 9.56. The molecule has 3 atom stereocenters. The number of nitrogens with zero attached hydrogens (tertiary/aromatic N) is 3. The molecule has 3 unspecified atom stereocenters. The molecule has 0 rings (SSSR count). The summed E-state index contributed by atoms with van der Waals surface area (Å²) in [4.78, 5) is 3.18. The van der Waals surface area contributed by atoms with Crippen LogP contribution in [0.15, 0.2) is 4.66 Å². The maximum Gasteiger partial charge on any atom is 0.272 e. The van der Waals surface area contributed by atoms with E-state index in [2.05, 4.69) is 4.66 Å². The SMILES string of the molecule is CN(C)C(=N[Si](C)(C)C(F)C(F)C(F)C(F)F)N(C)C. The first-order chi connectivity index (χ1) is 8.91. The second kappa shape index (κ2) is 7.23. The van der Waals surface area contributed by atoms with Crippen LogP contribution in [0.25, 0.3) is 0 Å². The molecule has 0 aromatic carbocycles. The lowest BCUT2D eigenvalue weighted by molar-refractivity contribution is -0.0114. The van der Waals surface area contributed by atoms with E-state index in [1.54, 1.807) is 38.0 Å². The highest BCUT2D eigenvalue weighted by atomic mass is 28.3. The molecule has 0 spiro atoms. The molecule has 20 heavy (non-hydrogen) atoms. The van der Waals surface area contributed by atoms with E-state index in [1.807, 2.05) is 0 Å². The van der Waals surface area contributed by atoms with Crippen LogP contribution < -0.4 is 0 Å². The van der Waals surface area contributed by atoms with Gasteiger partial charge in [0.1, 0.15) is 5.79 Å². The Morgan fingerprint density at radius 1 is 0.850 bits per heavy atom. The molecule has 0 aliphatic heterocycles. The topological polar surface area (TPSA) is 18.8 Å². The zero-order valence-corrected chi connectivity index (χ0v) is 13.5. The van der Waals surface area contributed by atoms with Crippen LogP contribution in [0, 0.1) is 0 Å². The van der Waals surface area contributed by atoms with Crippen molar-refractivity contribution in [2.75, 3.05) is 28.2 Å². The average molecular weight is 319 g/mol. The normalized spacial score (nSPS) is 16.6. The average Bonchev–Trinajstić information content (AvgIpc) is 2.32. The first-order valence-electron chi connectivity index (χ1n) is 6.06. The Morgan fingerprint density at radius 2 is 1.25 bits per heavy atom. The highest BCUT2D eigenvalue weighted by Gasteiger charge is 2.46. The summed E-state index contributed by atoms with van der Waals surface area (Å²) >= 11 is 0. The van der Waals surface area contributed by atoms with Gasteiger partial charge in [0.15, 0.2) is 18.3 Å². The molecule has 0 N–H and O–H groups in total. The highest BCUT2D eigenvalue weighted by Crippen LogP contribution is 2.26. The molecule has 120 valence electrons. The Labute approximate surface area is 117 Å². The summed E-state index contributed by atoms with van der Waals surface area (Å²) in [6.07, 6.45) is -9.54. The molecule has 0 bridgehead atoms. The van der Waals surface area contributed by atoms with Crippen molar-refractivity contribution in [2.24, 2.45) is 4.66 Å². The Hall–Kier alpha value is -0.863. The molecule has 0 aromatic rings. The maximum absolute atomic E-state index is 14.0. The number of alkyl halides is 5. The highest BCUT2D eigenvalue weighted by molar-refractivity contribution is 6.78. The van der Waals surface area contributed by atoms with Gasteiger partial charge in [-0.2, -0.15) is 0 Å². The van der Waals surface area contributed by atoms with Crippen molar-refractivity contribution < 1.29 is 22.0 Å². The number of hydrogen-bond donors (Lipinski definition) is 0. The van der Waals surface area contributed by atoms with Crippen LogP contribution in [0.1, 0.15) is 0 Å². The van der Waals surface area contributed by atoms with Crippen LogP contribution in [0.4, 0.5) is 22.0 Å². The minimum Gasteiger partial charge on any atom is -0.350 e. The van der Waals surface area contributed by atoms with E-state index in [4.69, 9.17) is 0 Å². The van der Waals surface area contributed by atoms with Gasteiger partial charge in [-0.1, -0.05) is 0 Å². The number of hydrogen-bond acceptors (Lipinski definition) is 1. The molecule has 0 aromatic heterocycles. The standard InChI is InChI=1S/C11H22F5N3Si/c1-18(2)11(19(3)4)17-20(5,6)10(16)8(13)7(12)9(14)15/h7-10H,1-6H3. The van der Waals surface area contributed by atoms with Crippen LogP contribution >= 0.6 is 0 Å². The minimum atomic E-state index is -3.54. The van der Waals surface area contributed by atoms with E-state index in [0.717, 1.165) is 0 Å². The van der Waals surface area contributed by atoms with Gasteiger partial charge in [-0.3, -0.25) is 4.66 Å². The van der Waals surface area contributed by atoms with Crippen molar-refractivity contribution in [1.29, 1.82) is 0 Å². The third-order valence-electron chi connectivity index (χ3n) is 2.69. The van der Waals surface area contributed by atoms with Gasteiger partial charge in [-0.15, -0.1) is 0 Å². The quantitative estimate of drug-likeness (QED) is 0.336. The molecular formula is C11H22F5N3Si. The summed E-state index contributed by atoms with van der Waals surface area (Å²) in [7, 11) is 3.39. The van der Waals surface area contributed by atoms with Crippen molar-refractivity contribution in [3.05, 3.63) is 0 Å². The molecule has 0 heterocycles. The fourth-order valence-electron chi connectivity index (χ4n) is 1.61. The van der Waals surface area contributed by atoms with Gasteiger partial charge in [0.25, 0.3) is 6.43 Å². The Morgan fingerprint density at radius 3 is 1.55 bits per heavy atom. The van der Waals surface area contributed by atoms with Crippen LogP contribution in [0.2, 0.25) is 13.1 Å². The molecule has 0 saturated carbocycles. The summed E-state index contributed by atoms with van der Waals surface area (Å²) in [6.45, 7) is 2.74. The first-order valence-corrected chi connectivity index (χ1v) is 9.09. The summed E-state index contributed by atoms with van der Waals surface area (Å²) in [6, 6.07) is 0. The molecule has 0 fully saturated rings. The van der Waals surface area contributed by atoms with Crippen LogP contribution in [0.3, 0.4) is 0 Å². The zero-order chi connectivity index (χ0) is 16.2.